The molecule has 0 aliphatic carbocycles. The Balaban J connectivity index is 1.24. The molecule has 1 saturated heterocycles. The summed E-state index contributed by atoms with van der Waals surface area (Å²) in [7, 11) is 0. The molecule has 0 saturated carbocycles. The van der Waals surface area contributed by atoms with Gasteiger partial charge in [0.1, 0.15) is 12.3 Å². The van der Waals surface area contributed by atoms with Crippen LogP contribution in [0.25, 0.3) is 0 Å². The summed E-state index contributed by atoms with van der Waals surface area (Å²) < 4.78 is 6.34. The van der Waals surface area contributed by atoms with E-state index in [2.05, 4.69) is 20.8 Å². The second-order valence-corrected chi connectivity index (χ2v) is 10.3. The van der Waals surface area contributed by atoms with Crippen LogP contribution in [0, 0.1) is 0 Å². The van der Waals surface area contributed by atoms with Crippen LogP contribution in [0.3, 0.4) is 0 Å². The number of hydrogen-bond acceptors (Lipinski definition) is 9. The normalized spacial score (nSPS) is 19.6. The predicted molar refractivity (Wildman–Crippen MR) is 121 cm³/mol. The number of nitrogens with zero attached hydrogens (tertiary/aromatic N) is 3. The lowest BCUT2D eigenvalue weighted by molar-refractivity contribution is -0.135. The molecule has 1 spiro atoms. The number of para-hydroxylation sites is 1. The molecule has 2 N–H and O–H groups in total. The van der Waals surface area contributed by atoms with E-state index in [1.54, 1.807) is 35.6 Å². The maximum absolute atomic E-state index is 13.2. The van der Waals surface area contributed by atoms with Gasteiger partial charge in [0.25, 0.3) is 5.91 Å². The number of carbonyl (C=O) groups excluding carboxylic acids is 3. The fourth-order valence-electron chi connectivity index (χ4n) is 3.66. The highest BCUT2D eigenvalue weighted by molar-refractivity contribution is 8.00. The van der Waals surface area contributed by atoms with Crippen molar-refractivity contribution < 1.29 is 19.1 Å². The number of benzene rings is 1. The van der Waals surface area contributed by atoms with E-state index in [-0.39, 0.29) is 0 Å². The predicted octanol–water partition coefficient (Wildman–Crippen LogP) is 3.06. The third-order valence-electron chi connectivity index (χ3n) is 5.13. The van der Waals surface area contributed by atoms with Crippen molar-refractivity contribution in [3.8, 4) is 5.75 Å². The van der Waals surface area contributed by atoms with Crippen LogP contribution in [0.2, 0.25) is 0 Å². The topological polar surface area (TPSA) is 114 Å². The van der Waals surface area contributed by atoms with Crippen LogP contribution in [-0.2, 0) is 20.9 Å². The number of imide groups is 1. The molecule has 2 aromatic heterocycles. The fraction of sp³-hybridized carbons (Fsp3) is 0.250. The molecule has 1 fully saturated rings. The Kier molecular flexibility index (Phi) is 5.57. The number of urea groups is 1. The van der Waals surface area contributed by atoms with Crippen molar-refractivity contribution in [1.82, 2.24) is 20.4 Å². The Morgan fingerprint density at radius 2 is 2.12 bits per heavy atom. The van der Waals surface area contributed by atoms with Crippen LogP contribution in [0.15, 0.2) is 46.1 Å². The number of anilines is 1. The molecule has 5 rings (SSSR count). The molecule has 9 nitrogen and oxygen atoms in total. The molecule has 3 aromatic rings. The highest BCUT2D eigenvalue weighted by Crippen LogP contribution is 2.41. The molecule has 32 heavy (non-hydrogen) atoms. The number of thioether (sulfide) groups is 1. The van der Waals surface area contributed by atoms with Crippen LogP contribution in [0.5, 0.6) is 5.75 Å². The van der Waals surface area contributed by atoms with E-state index in [1.165, 1.54) is 28.0 Å². The lowest BCUT2D eigenvalue weighted by Gasteiger charge is -2.33. The monoisotopic (exact) mass is 487 g/mol. The lowest BCUT2D eigenvalue weighted by Crippen LogP contribution is -2.48. The zero-order chi connectivity index (χ0) is 22.1. The minimum atomic E-state index is -1.21. The van der Waals surface area contributed by atoms with Crippen LogP contribution in [-0.4, -0.2) is 46.1 Å². The maximum Gasteiger partial charge on any atom is 0.325 e. The lowest BCUT2D eigenvalue weighted by atomic mass is 9.84. The summed E-state index contributed by atoms with van der Waals surface area (Å²) in [6, 6.07) is 10.5. The first-order valence-electron chi connectivity index (χ1n) is 9.70. The number of amides is 4. The summed E-state index contributed by atoms with van der Waals surface area (Å²) in [4.78, 5) is 40.5. The number of aromatic nitrogens is 2. The van der Waals surface area contributed by atoms with Gasteiger partial charge in [-0.15, -0.1) is 21.5 Å². The second kappa shape index (κ2) is 8.52. The van der Waals surface area contributed by atoms with Crippen molar-refractivity contribution in [2.45, 2.75) is 22.1 Å². The van der Waals surface area contributed by atoms with E-state index in [1.807, 2.05) is 17.5 Å². The summed E-state index contributed by atoms with van der Waals surface area (Å²) in [5.74, 6) is 0.352. The molecular formula is C20H17N5O4S3. The minimum absolute atomic E-state index is 0.291. The SMILES string of the molecule is O=C(CN1C(=O)N[C@@]2(CCOc3ccccc32)C1=O)Nc1nnc(SCc2cccs2)s1. The average molecular weight is 488 g/mol. The zero-order valence-electron chi connectivity index (χ0n) is 16.6. The van der Waals surface area contributed by atoms with Gasteiger partial charge in [-0.05, 0) is 17.5 Å². The van der Waals surface area contributed by atoms with Gasteiger partial charge in [0.2, 0.25) is 11.0 Å². The number of nitrogens with one attached hydrogen (secondary N) is 2. The van der Waals surface area contributed by atoms with Crippen LogP contribution >= 0.6 is 34.4 Å². The van der Waals surface area contributed by atoms with E-state index in [9.17, 15) is 14.4 Å². The Bertz CT molecular complexity index is 1180. The molecule has 0 bridgehead atoms. The summed E-state index contributed by atoms with van der Waals surface area (Å²) in [5.41, 5.74) is -0.607. The molecule has 0 radical (unpaired) electrons. The number of thiophene rings is 1. The number of fused-ring (bicyclic) bond motifs is 2. The molecule has 1 aromatic carbocycles. The Morgan fingerprint density at radius 1 is 1.25 bits per heavy atom. The molecule has 4 heterocycles. The van der Waals surface area contributed by atoms with E-state index < -0.39 is 29.9 Å². The van der Waals surface area contributed by atoms with Crippen molar-refractivity contribution in [2.75, 3.05) is 18.5 Å². The molecule has 164 valence electrons. The van der Waals surface area contributed by atoms with Gasteiger partial charge in [-0.1, -0.05) is 47.4 Å². The number of hydrogen-bond donors (Lipinski definition) is 2. The summed E-state index contributed by atoms with van der Waals surface area (Å²) in [6.45, 7) is -0.119. The molecule has 0 unspecified atom stereocenters. The summed E-state index contributed by atoms with van der Waals surface area (Å²) >= 11 is 4.44. The van der Waals surface area contributed by atoms with Gasteiger partial charge in [0, 0.05) is 22.6 Å². The van der Waals surface area contributed by atoms with Gasteiger partial charge in [-0.3, -0.25) is 19.8 Å². The van der Waals surface area contributed by atoms with Crippen LogP contribution < -0.4 is 15.4 Å². The second-order valence-electron chi connectivity index (χ2n) is 7.11. The molecule has 2 aliphatic rings. The first kappa shape index (κ1) is 20.9. The standard InChI is InChI=1S/C20H17N5O4S3/c26-15(21-17-23-24-19(32-17)31-11-12-4-3-9-30-12)10-25-16(27)20(22-18(25)28)7-8-29-14-6-2-1-5-13(14)20/h1-6,9H,7-8,10-11H2,(H,22,28)(H,21,23,26)/t20-/m1/s1. The molecule has 2 aliphatic heterocycles. The molecular weight excluding hydrogens is 470 g/mol. The Morgan fingerprint density at radius 3 is 2.97 bits per heavy atom. The van der Waals surface area contributed by atoms with Crippen molar-refractivity contribution >= 4 is 57.4 Å². The number of ether oxygens (including phenoxy) is 1. The summed E-state index contributed by atoms with van der Waals surface area (Å²) in [5, 5.41) is 15.8. The zero-order valence-corrected chi connectivity index (χ0v) is 19.0. The Labute approximate surface area is 195 Å². The van der Waals surface area contributed by atoms with E-state index in [4.69, 9.17) is 4.74 Å². The van der Waals surface area contributed by atoms with Crippen LogP contribution in [0.4, 0.5) is 9.93 Å². The smallest absolute Gasteiger partial charge is 0.325 e. The van der Waals surface area contributed by atoms with Crippen molar-refractivity contribution in [1.29, 1.82) is 0 Å². The van der Waals surface area contributed by atoms with Gasteiger partial charge in [-0.2, -0.15) is 0 Å². The third-order valence-corrected chi connectivity index (χ3v) is 8.21. The van der Waals surface area contributed by atoms with Gasteiger partial charge in [0.05, 0.1) is 6.61 Å². The first-order valence-corrected chi connectivity index (χ1v) is 12.4. The van der Waals surface area contributed by atoms with Crippen molar-refractivity contribution in [2.24, 2.45) is 0 Å². The van der Waals surface area contributed by atoms with Gasteiger partial charge in [0.15, 0.2) is 9.88 Å². The third kappa shape index (κ3) is 3.85. The number of carbonyl (C=O) groups is 3. The number of rotatable bonds is 6. The van der Waals surface area contributed by atoms with Crippen molar-refractivity contribution in [3.63, 3.8) is 0 Å². The van der Waals surface area contributed by atoms with Crippen molar-refractivity contribution in [3.05, 3.63) is 52.2 Å². The van der Waals surface area contributed by atoms with Gasteiger partial charge in [-0.25, -0.2) is 4.79 Å². The van der Waals surface area contributed by atoms with E-state index in [0.717, 1.165) is 15.0 Å². The molecule has 12 heteroatoms. The maximum atomic E-state index is 13.2. The van der Waals surface area contributed by atoms with E-state index in [0.29, 0.717) is 29.5 Å². The first-order chi connectivity index (χ1) is 15.5. The summed E-state index contributed by atoms with van der Waals surface area (Å²) in [6.07, 6.45) is 0.300. The largest absolute Gasteiger partial charge is 0.493 e. The average Bonchev–Trinajstić information content (AvgIpc) is 3.51. The Hall–Kier alpha value is -2.96. The van der Waals surface area contributed by atoms with E-state index >= 15 is 0 Å². The van der Waals surface area contributed by atoms with Gasteiger partial charge >= 0.3 is 6.03 Å². The molecule has 4 amide bonds. The minimum Gasteiger partial charge on any atom is -0.493 e. The molecule has 1 atom stereocenters. The van der Waals surface area contributed by atoms with Gasteiger partial charge < -0.3 is 10.1 Å². The quantitative estimate of drug-likeness (QED) is 0.312. The highest BCUT2D eigenvalue weighted by atomic mass is 32.2. The highest BCUT2D eigenvalue weighted by Gasteiger charge is 2.55. The van der Waals surface area contributed by atoms with Crippen LogP contribution in [0.1, 0.15) is 16.9 Å². The fourth-order valence-corrected chi connectivity index (χ4v) is 6.21.